The molecule has 138 valence electrons. The average molecular weight is 353 g/mol. The van der Waals surface area contributed by atoms with Crippen LogP contribution < -0.4 is 4.74 Å². The van der Waals surface area contributed by atoms with Crippen LogP contribution >= 0.6 is 0 Å². The van der Waals surface area contributed by atoms with Crippen LogP contribution in [-0.2, 0) is 11.2 Å². The third-order valence-electron chi connectivity index (χ3n) is 4.73. The summed E-state index contributed by atoms with van der Waals surface area (Å²) in [5.41, 5.74) is 3.38. The van der Waals surface area contributed by atoms with Gasteiger partial charge >= 0.3 is 0 Å². The minimum Gasteiger partial charge on any atom is -0.474 e. The van der Waals surface area contributed by atoms with E-state index in [1.807, 2.05) is 24.8 Å². The lowest BCUT2D eigenvalue weighted by Gasteiger charge is -2.32. The van der Waals surface area contributed by atoms with Crippen LogP contribution in [0.15, 0.2) is 30.3 Å². The van der Waals surface area contributed by atoms with E-state index in [1.54, 1.807) is 0 Å². The zero-order chi connectivity index (χ0) is 18.5. The van der Waals surface area contributed by atoms with E-state index in [-0.39, 0.29) is 12.0 Å². The number of rotatable bonds is 5. The fourth-order valence-electron chi connectivity index (χ4n) is 3.41. The van der Waals surface area contributed by atoms with Crippen LogP contribution in [0.1, 0.15) is 41.9 Å². The summed E-state index contributed by atoms with van der Waals surface area (Å²) in [6.45, 7) is 7.39. The van der Waals surface area contributed by atoms with E-state index in [1.165, 1.54) is 11.1 Å². The quantitative estimate of drug-likeness (QED) is 0.827. The number of amides is 1. The zero-order valence-corrected chi connectivity index (χ0v) is 15.9. The van der Waals surface area contributed by atoms with Gasteiger partial charge in [0.1, 0.15) is 11.9 Å². The number of carbonyl (C=O) groups is 1. The van der Waals surface area contributed by atoms with E-state index in [2.05, 4.69) is 41.2 Å². The second-order valence-corrected chi connectivity index (χ2v) is 7.08. The average Bonchev–Trinajstić information content (AvgIpc) is 2.59. The number of aryl methyl sites for hydroxylation is 4. The van der Waals surface area contributed by atoms with Gasteiger partial charge in [-0.05, 0) is 32.8 Å². The van der Waals surface area contributed by atoms with Crippen molar-refractivity contribution >= 4 is 5.91 Å². The fraction of sp³-hybridized carbons (Fsp3) is 0.476. The van der Waals surface area contributed by atoms with Gasteiger partial charge in [0, 0.05) is 44.1 Å². The van der Waals surface area contributed by atoms with Gasteiger partial charge in [-0.3, -0.25) is 4.79 Å². The Morgan fingerprint density at radius 2 is 1.92 bits per heavy atom. The summed E-state index contributed by atoms with van der Waals surface area (Å²) in [4.78, 5) is 23.0. The monoisotopic (exact) mass is 353 g/mol. The van der Waals surface area contributed by atoms with Crippen molar-refractivity contribution in [2.75, 3.05) is 13.1 Å². The van der Waals surface area contributed by atoms with Crippen molar-refractivity contribution in [1.82, 2.24) is 14.9 Å². The van der Waals surface area contributed by atoms with Crippen LogP contribution in [-0.4, -0.2) is 40.0 Å². The molecule has 1 aromatic heterocycles. The molecule has 0 saturated carbocycles. The molecule has 5 nitrogen and oxygen atoms in total. The lowest BCUT2D eigenvalue weighted by Crippen LogP contribution is -2.42. The highest BCUT2D eigenvalue weighted by Crippen LogP contribution is 2.19. The minimum absolute atomic E-state index is 0.115. The summed E-state index contributed by atoms with van der Waals surface area (Å²) in [6, 6.07) is 10.2. The Morgan fingerprint density at radius 1 is 1.15 bits per heavy atom. The molecule has 0 radical (unpaired) electrons. The van der Waals surface area contributed by atoms with Crippen LogP contribution in [0.25, 0.3) is 0 Å². The largest absolute Gasteiger partial charge is 0.474 e. The Labute approximate surface area is 155 Å². The minimum atomic E-state index is 0.115. The second-order valence-electron chi connectivity index (χ2n) is 7.08. The first-order valence-corrected chi connectivity index (χ1v) is 9.32. The summed E-state index contributed by atoms with van der Waals surface area (Å²) in [7, 11) is 0. The molecule has 5 heteroatoms. The lowest BCUT2D eigenvalue weighted by atomic mass is 10.0. The lowest BCUT2D eigenvalue weighted by molar-refractivity contribution is -0.132. The van der Waals surface area contributed by atoms with E-state index in [4.69, 9.17) is 4.74 Å². The van der Waals surface area contributed by atoms with E-state index >= 15 is 0 Å². The number of nitrogens with zero attached hydrogens (tertiary/aromatic N) is 3. The summed E-state index contributed by atoms with van der Waals surface area (Å²) >= 11 is 0. The number of ether oxygens (including phenoxy) is 1. The molecule has 2 heterocycles. The van der Waals surface area contributed by atoms with Crippen LogP contribution in [0.3, 0.4) is 0 Å². The van der Waals surface area contributed by atoms with Gasteiger partial charge in [0.05, 0.1) is 0 Å². The number of piperidine rings is 1. The number of aromatic nitrogens is 2. The van der Waals surface area contributed by atoms with Crippen molar-refractivity contribution in [1.29, 1.82) is 0 Å². The summed E-state index contributed by atoms with van der Waals surface area (Å²) in [5, 5.41) is 0. The smallest absolute Gasteiger partial charge is 0.222 e. The SMILES string of the molecule is Cc1cccc(CCC(=O)N2CCC(Oc3cc(C)nc(C)n3)CC2)c1. The van der Waals surface area contributed by atoms with Gasteiger partial charge in [-0.2, -0.15) is 4.98 Å². The van der Waals surface area contributed by atoms with Crippen LogP contribution in [0.2, 0.25) is 0 Å². The molecule has 0 spiro atoms. The highest BCUT2D eigenvalue weighted by molar-refractivity contribution is 5.76. The van der Waals surface area contributed by atoms with E-state index in [9.17, 15) is 4.79 Å². The molecule has 26 heavy (non-hydrogen) atoms. The number of benzene rings is 1. The van der Waals surface area contributed by atoms with Gasteiger partial charge in [-0.25, -0.2) is 4.98 Å². The van der Waals surface area contributed by atoms with Crippen molar-refractivity contribution in [2.24, 2.45) is 0 Å². The zero-order valence-electron chi connectivity index (χ0n) is 15.9. The molecular formula is C21H27N3O2. The molecule has 1 aromatic carbocycles. The van der Waals surface area contributed by atoms with Gasteiger partial charge < -0.3 is 9.64 Å². The highest BCUT2D eigenvalue weighted by Gasteiger charge is 2.24. The van der Waals surface area contributed by atoms with Gasteiger partial charge in [0.2, 0.25) is 11.8 Å². The number of carbonyl (C=O) groups excluding carboxylic acids is 1. The van der Waals surface area contributed by atoms with Crippen LogP contribution in [0.4, 0.5) is 0 Å². The van der Waals surface area contributed by atoms with Gasteiger partial charge in [0.25, 0.3) is 0 Å². The Balaban J connectivity index is 1.46. The third-order valence-corrected chi connectivity index (χ3v) is 4.73. The molecule has 1 aliphatic rings. The molecule has 1 aliphatic heterocycles. The molecule has 0 atom stereocenters. The first-order chi connectivity index (χ1) is 12.5. The van der Waals surface area contributed by atoms with Crippen molar-refractivity contribution in [3.8, 4) is 5.88 Å². The van der Waals surface area contributed by atoms with E-state index < -0.39 is 0 Å². The standard InChI is InChI=1S/C21H27N3O2/c1-15-5-4-6-18(13-15)7-8-21(25)24-11-9-19(10-12-24)26-20-14-16(2)22-17(3)23-20/h4-6,13-14,19H,7-12H2,1-3H3. The predicted octanol–water partition coefficient (Wildman–Crippen LogP) is 3.40. The molecule has 1 saturated heterocycles. The third kappa shape index (κ3) is 5.04. The molecular weight excluding hydrogens is 326 g/mol. The summed E-state index contributed by atoms with van der Waals surface area (Å²) < 4.78 is 6.00. The number of hydrogen-bond donors (Lipinski definition) is 0. The van der Waals surface area contributed by atoms with E-state index in [0.717, 1.165) is 43.9 Å². The van der Waals surface area contributed by atoms with Crippen molar-refractivity contribution in [3.63, 3.8) is 0 Å². The molecule has 2 aromatic rings. The molecule has 0 N–H and O–H groups in total. The Bertz CT molecular complexity index is 747. The maximum absolute atomic E-state index is 12.5. The van der Waals surface area contributed by atoms with Crippen molar-refractivity contribution in [2.45, 2.75) is 52.6 Å². The maximum atomic E-state index is 12.5. The van der Waals surface area contributed by atoms with Crippen LogP contribution in [0, 0.1) is 20.8 Å². The fourth-order valence-corrected chi connectivity index (χ4v) is 3.41. The molecule has 0 unspecified atom stereocenters. The Hall–Kier alpha value is -2.43. The first kappa shape index (κ1) is 18.4. The highest BCUT2D eigenvalue weighted by atomic mass is 16.5. The molecule has 1 fully saturated rings. The second kappa shape index (κ2) is 8.30. The Kier molecular flexibility index (Phi) is 5.86. The number of hydrogen-bond acceptors (Lipinski definition) is 4. The van der Waals surface area contributed by atoms with Gasteiger partial charge in [-0.15, -0.1) is 0 Å². The summed E-state index contributed by atoms with van der Waals surface area (Å²) in [5.74, 6) is 1.60. The normalized spacial score (nSPS) is 15.1. The topological polar surface area (TPSA) is 55.3 Å². The molecule has 0 bridgehead atoms. The van der Waals surface area contributed by atoms with Crippen LogP contribution in [0.5, 0.6) is 5.88 Å². The first-order valence-electron chi connectivity index (χ1n) is 9.32. The van der Waals surface area contributed by atoms with E-state index in [0.29, 0.717) is 12.3 Å². The van der Waals surface area contributed by atoms with Crippen molar-refractivity contribution in [3.05, 3.63) is 53.0 Å². The maximum Gasteiger partial charge on any atom is 0.222 e. The van der Waals surface area contributed by atoms with Gasteiger partial charge in [0.15, 0.2) is 0 Å². The Morgan fingerprint density at radius 3 is 2.62 bits per heavy atom. The molecule has 3 rings (SSSR count). The summed E-state index contributed by atoms with van der Waals surface area (Å²) in [6.07, 6.45) is 3.18. The number of likely N-dealkylation sites (tertiary alicyclic amines) is 1. The predicted molar refractivity (Wildman–Crippen MR) is 101 cm³/mol. The van der Waals surface area contributed by atoms with Crippen molar-refractivity contribution < 1.29 is 9.53 Å². The molecule has 0 aliphatic carbocycles. The molecule has 1 amide bonds. The van der Waals surface area contributed by atoms with Gasteiger partial charge in [-0.1, -0.05) is 29.8 Å².